The Morgan fingerprint density at radius 1 is 1.21 bits per heavy atom. The predicted octanol–water partition coefficient (Wildman–Crippen LogP) is 3.41. The number of aryl methyl sites for hydroxylation is 1. The Labute approximate surface area is 141 Å². The van der Waals surface area contributed by atoms with Gasteiger partial charge in [-0.15, -0.1) is 0 Å². The molecule has 24 heavy (non-hydrogen) atoms. The fourth-order valence-corrected chi connectivity index (χ4v) is 2.90. The van der Waals surface area contributed by atoms with E-state index in [1.54, 1.807) is 35.5 Å². The summed E-state index contributed by atoms with van der Waals surface area (Å²) in [5.41, 5.74) is 3.21. The molecule has 5 heteroatoms. The molecule has 124 valence electrons. The summed E-state index contributed by atoms with van der Waals surface area (Å²) < 4.78 is 0. The number of carbonyl (C=O) groups excluding carboxylic acids is 2. The molecule has 0 aliphatic carbocycles. The van der Waals surface area contributed by atoms with Crippen molar-refractivity contribution in [1.29, 1.82) is 0 Å². The number of nitrogens with one attached hydrogen (secondary N) is 1. The molecule has 0 bridgehead atoms. The lowest BCUT2D eigenvalue weighted by molar-refractivity contribution is -0.119. The second-order valence-electron chi connectivity index (χ2n) is 5.89. The number of hydrogen-bond acceptors (Lipinski definition) is 3. The Morgan fingerprint density at radius 3 is 2.71 bits per heavy atom. The number of benzene rings is 1. The first-order valence-electron chi connectivity index (χ1n) is 8.33. The Morgan fingerprint density at radius 2 is 2.00 bits per heavy atom. The summed E-state index contributed by atoms with van der Waals surface area (Å²) in [6, 6.07) is 9.01. The lowest BCUT2D eigenvalue weighted by Gasteiger charge is -2.26. The Hall–Kier alpha value is -2.69. The zero-order valence-electron chi connectivity index (χ0n) is 13.8. The summed E-state index contributed by atoms with van der Waals surface area (Å²) in [6.07, 6.45) is 6.82. The number of piperidine rings is 1. The Balaban J connectivity index is 1.73. The van der Waals surface area contributed by atoms with Crippen molar-refractivity contribution >= 4 is 23.2 Å². The molecular weight excluding hydrogens is 302 g/mol. The van der Waals surface area contributed by atoms with Gasteiger partial charge in [-0.25, -0.2) is 0 Å². The largest absolute Gasteiger partial charge is 0.322 e. The van der Waals surface area contributed by atoms with E-state index in [0.29, 0.717) is 12.0 Å². The molecule has 0 unspecified atom stereocenters. The number of hydrogen-bond donors (Lipinski definition) is 1. The number of aromatic nitrogens is 1. The van der Waals surface area contributed by atoms with Crippen molar-refractivity contribution in [2.75, 3.05) is 16.8 Å². The summed E-state index contributed by atoms with van der Waals surface area (Å²) in [5, 5.41) is 2.93. The van der Waals surface area contributed by atoms with Crippen molar-refractivity contribution in [3.05, 3.63) is 53.9 Å². The molecule has 5 nitrogen and oxygen atoms in total. The summed E-state index contributed by atoms with van der Waals surface area (Å²) in [7, 11) is 0. The fraction of sp³-hybridized carbons (Fsp3) is 0.316. The highest BCUT2D eigenvalue weighted by Gasteiger charge is 2.19. The van der Waals surface area contributed by atoms with E-state index in [1.165, 1.54) is 0 Å². The molecule has 2 aromatic rings. The molecule has 2 amide bonds. The molecule has 1 fully saturated rings. The summed E-state index contributed by atoms with van der Waals surface area (Å²) >= 11 is 0. The quantitative estimate of drug-likeness (QED) is 0.938. The minimum atomic E-state index is -0.160. The maximum Gasteiger partial charge on any atom is 0.255 e. The molecule has 0 atom stereocenters. The van der Waals surface area contributed by atoms with E-state index in [9.17, 15) is 9.59 Å². The molecule has 0 spiro atoms. The first kappa shape index (κ1) is 16.2. The van der Waals surface area contributed by atoms with Crippen LogP contribution in [0.5, 0.6) is 0 Å². The maximum atomic E-state index is 12.4. The van der Waals surface area contributed by atoms with Gasteiger partial charge in [0.15, 0.2) is 0 Å². The molecule has 0 saturated carbocycles. The molecule has 1 aromatic carbocycles. The summed E-state index contributed by atoms with van der Waals surface area (Å²) in [4.78, 5) is 30.3. The monoisotopic (exact) mass is 323 g/mol. The van der Waals surface area contributed by atoms with Crippen LogP contribution in [0.15, 0.2) is 42.7 Å². The molecule has 1 aromatic heterocycles. The third-order valence-corrected chi connectivity index (χ3v) is 4.30. The average molecular weight is 323 g/mol. The smallest absolute Gasteiger partial charge is 0.255 e. The SMILES string of the molecule is CCc1cnccc1NC(=O)c1ccc(N2CCCCC2=O)cc1. The predicted molar refractivity (Wildman–Crippen MR) is 94.2 cm³/mol. The van der Waals surface area contributed by atoms with Crippen LogP contribution in [0.3, 0.4) is 0 Å². The van der Waals surface area contributed by atoms with Crippen LogP contribution in [0.25, 0.3) is 0 Å². The van der Waals surface area contributed by atoms with E-state index < -0.39 is 0 Å². The second kappa shape index (κ2) is 7.25. The van der Waals surface area contributed by atoms with E-state index in [-0.39, 0.29) is 11.8 Å². The number of pyridine rings is 1. The molecule has 1 aliphatic heterocycles. The van der Waals surface area contributed by atoms with Crippen LogP contribution < -0.4 is 10.2 Å². The first-order valence-corrected chi connectivity index (χ1v) is 8.33. The summed E-state index contributed by atoms with van der Waals surface area (Å²) in [5.74, 6) is -0.00440. The van der Waals surface area contributed by atoms with Gasteiger partial charge in [-0.3, -0.25) is 14.6 Å². The fourth-order valence-electron chi connectivity index (χ4n) is 2.90. The number of amides is 2. The van der Waals surface area contributed by atoms with Crippen molar-refractivity contribution in [2.24, 2.45) is 0 Å². The molecule has 3 rings (SSSR count). The summed E-state index contributed by atoms with van der Waals surface area (Å²) in [6.45, 7) is 2.78. The number of rotatable bonds is 4. The first-order chi connectivity index (χ1) is 11.7. The van der Waals surface area contributed by atoms with Gasteiger partial charge in [0.1, 0.15) is 0 Å². The number of nitrogens with zero attached hydrogens (tertiary/aromatic N) is 2. The van der Waals surface area contributed by atoms with Gasteiger partial charge in [0.05, 0.1) is 0 Å². The lowest BCUT2D eigenvalue weighted by atomic mass is 10.1. The zero-order valence-corrected chi connectivity index (χ0v) is 13.8. The minimum absolute atomic E-state index is 0.155. The van der Waals surface area contributed by atoms with Crippen LogP contribution in [-0.4, -0.2) is 23.3 Å². The second-order valence-corrected chi connectivity index (χ2v) is 5.89. The average Bonchev–Trinajstić information content (AvgIpc) is 2.63. The number of carbonyl (C=O) groups is 2. The van der Waals surface area contributed by atoms with Crippen LogP contribution in [-0.2, 0) is 11.2 Å². The highest BCUT2D eigenvalue weighted by Crippen LogP contribution is 2.22. The zero-order chi connectivity index (χ0) is 16.9. The minimum Gasteiger partial charge on any atom is -0.322 e. The van der Waals surface area contributed by atoms with Crippen LogP contribution in [0.4, 0.5) is 11.4 Å². The van der Waals surface area contributed by atoms with Crippen LogP contribution >= 0.6 is 0 Å². The third-order valence-electron chi connectivity index (χ3n) is 4.30. The molecule has 1 saturated heterocycles. The van der Waals surface area contributed by atoms with E-state index in [0.717, 1.165) is 42.7 Å². The van der Waals surface area contributed by atoms with Gasteiger partial charge in [0.25, 0.3) is 5.91 Å². The van der Waals surface area contributed by atoms with Crippen molar-refractivity contribution in [2.45, 2.75) is 32.6 Å². The number of anilines is 2. The van der Waals surface area contributed by atoms with E-state index in [2.05, 4.69) is 10.3 Å². The van der Waals surface area contributed by atoms with Gasteiger partial charge in [0, 0.05) is 42.3 Å². The Kier molecular flexibility index (Phi) is 4.89. The van der Waals surface area contributed by atoms with Gasteiger partial charge in [-0.1, -0.05) is 6.92 Å². The van der Waals surface area contributed by atoms with Crippen LogP contribution in [0.2, 0.25) is 0 Å². The van der Waals surface area contributed by atoms with Gasteiger partial charge in [0.2, 0.25) is 5.91 Å². The van der Waals surface area contributed by atoms with Gasteiger partial charge >= 0.3 is 0 Å². The van der Waals surface area contributed by atoms with Gasteiger partial charge < -0.3 is 10.2 Å². The highest BCUT2D eigenvalue weighted by atomic mass is 16.2. The molecule has 1 N–H and O–H groups in total. The molecule has 1 aliphatic rings. The molecule has 0 radical (unpaired) electrons. The lowest BCUT2D eigenvalue weighted by Crippen LogP contribution is -2.35. The van der Waals surface area contributed by atoms with Crippen LogP contribution in [0, 0.1) is 0 Å². The van der Waals surface area contributed by atoms with Crippen LogP contribution in [0.1, 0.15) is 42.1 Å². The van der Waals surface area contributed by atoms with E-state index in [1.807, 2.05) is 19.1 Å². The van der Waals surface area contributed by atoms with Gasteiger partial charge in [-0.05, 0) is 55.2 Å². The molecule has 2 heterocycles. The van der Waals surface area contributed by atoms with E-state index in [4.69, 9.17) is 0 Å². The van der Waals surface area contributed by atoms with Crippen molar-refractivity contribution in [3.8, 4) is 0 Å². The highest BCUT2D eigenvalue weighted by molar-refractivity contribution is 6.05. The third kappa shape index (κ3) is 3.45. The normalized spacial score (nSPS) is 14.5. The van der Waals surface area contributed by atoms with E-state index >= 15 is 0 Å². The van der Waals surface area contributed by atoms with Crippen molar-refractivity contribution in [3.63, 3.8) is 0 Å². The Bertz CT molecular complexity index is 741. The van der Waals surface area contributed by atoms with Crippen molar-refractivity contribution in [1.82, 2.24) is 4.98 Å². The van der Waals surface area contributed by atoms with Crippen molar-refractivity contribution < 1.29 is 9.59 Å². The molecular formula is C19H21N3O2. The topological polar surface area (TPSA) is 62.3 Å². The van der Waals surface area contributed by atoms with Gasteiger partial charge in [-0.2, -0.15) is 0 Å². The standard InChI is InChI=1S/C19H21N3O2/c1-2-14-13-20-11-10-17(14)21-19(24)15-6-8-16(9-7-15)22-12-4-3-5-18(22)23/h6-11,13H,2-5,12H2,1H3,(H,20,21,24). The maximum absolute atomic E-state index is 12.4.